The fourth-order valence-corrected chi connectivity index (χ4v) is 2.79. The molecule has 1 amide bonds. The molecule has 0 saturated heterocycles. The van der Waals surface area contributed by atoms with Crippen LogP contribution in [0.2, 0.25) is 0 Å². The second-order valence-corrected chi connectivity index (χ2v) is 7.53. The summed E-state index contributed by atoms with van der Waals surface area (Å²) in [6.07, 6.45) is 0. The van der Waals surface area contributed by atoms with Crippen LogP contribution in [0.1, 0.15) is 36.7 Å². The predicted molar refractivity (Wildman–Crippen MR) is 110 cm³/mol. The highest BCUT2D eigenvalue weighted by molar-refractivity contribution is 5.91. The minimum atomic E-state index is -1.02. The van der Waals surface area contributed by atoms with Crippen molar-refractivity contribution in [2.75, 3.05) is 6.61 Å². The Bertz CT molecular complexity index is 1100. The molecule has 2 aromatic carbocycles. The molecule has 8 heteroatoms. The first-order valence-electron chi connectivity index (χ1n) is 9.59. The summed E-state index contributed by atoms with van der Waals surface area (Å²) in [6.45, 7) is 5.36. The number of nitrogens with zero attached hydrogens (tertiary/aromatic N) is 4. The van der Waals surface area contributed by atoms with Crippen LogP contribution >= 0.6 is 0 Å². The number of carbonyl (C=O) groups excluding carboxylic acids is 2. The topological polar surface area (TPSA) is 110 Å². The van der Waals surface area contributed by atoms with Crippen molar-refractivity contribution < 1.29 is 14.3 Å². The van der Waals surface area contributed by atoms with Gasteiger partial charge in [-0.2, -0.15) is 5.26 Å². The fraction of sp³-hybridized carbons (Fsp3) is 0.318. The summed E-state index contributed by atoms with van der Waals surface area (Å²) in [6, 6.07) is 16.7. The van der Waals surface area contributed by atoms with E-state index in [1.807, 2.05) is 38.1 Å². The number of hydrogen-bond acceptors (Lipinski definition) is 6. The van der Waals surface area contributed by atoms with Gasteiger partial charge in [-0.15, -0.1) is 5.10 Å². The first-order valence-corrected chi connectivity index (χ1v) is 9.59. The van der Waals surface area contributed by atoms with E-state index in [1.54, 1.807) is 35.9 Å². The molecule has 0 radical (unpaired) electrons. The fourth-order valence-electron chi connectivity index (χ4n) is 2.79. The molecule has 30 heavy (non-hydrogen) atoms. The lowest BCUT2D eigenvalue weighted by molar-refractivity contribution is -0.125. The van der Waals surface area contributed by atoms with Gasteiger partial charge in [0.2, 0.25) is 0 Å². The Balaban J connectivity index is 1.57. The van der Waals surface area contributed by atoms with Crippen molar-refractivity contribution in [3.8, 4) is 6.07 Å². The first-order chi connectivity index (χ1) is 14.3. The van der Waals surface area contributed by atoms with Crippen molar-refractivity contribution in [3.63, 3.8) is 0 Å². The Hall–Kier alpha value is -3.73. The second-order valence-electron chi connectivity index (χ2n) is 7.53. The summed E-state index contributed by atoms with van der Waals surface area (Å²) in [5.74, 6) is -1.21. The lowest BCUT2D eigenvalue weighted by Gasteiger charge is -2.27. The van der Waals surface area contributed by atoms with Crippen LogP contribution in [0.3, 0.4) is 0 Å². The number of nitriles is 1. The molecule has 0 aliphatic rings. The quantitative estimate of drug-likeness (QED) is 0.605. The van der Waals surface area contributed by atoms with Gasteiger partial charge < -0.3 is 10.1 Å². The molecule has 0 aliphatic carbocycles. The zero-order valence-electron chi connectivity index (χ0n) is 17.1. The third-order valence-electron chi connectivity index (χ3n) is 5.06. The maximum absolute atomic E-state index is 12.2. The molecule has 0 fully saturated rings. The van der Waals surface area contributed by atoms with Gasteiger partial charge in [0.15, 0.2) is 6.61 Å². The molecular formula is C22H23N5O3. The van der Waals surface area contributed by atoms with Gasteiger partial charge in [-0.1, -0.05) is 43.3 Å². The van der Waals surface area contributed by atoms with E-state index in [2.05, 4.69) is 21.7 Å². The number of esters is 1. The van der Waals surface area contributed by atoms with Gasteiger partial charge in [-0.05, 0) is 42.7 Å². The average molecular weight is 405 g/mol. The third-order valence-corrected chi connectivity index (χ3v) is 5.06. The van der Waals surface area contributed by atoms with Gasteiger partial charge in [-0.25, -0.2) is 9.48 Å². The Morgan fingerprint density at radius 3 is 2.57 bits per heavy atom. The molecule has 8 nitrogen and oxygen atoms in total. The summed E-state index contributed by atoms with van der Waals surface area (Å²) >= 11 is 0. The Morgan fingerprint density at radius 2 is 1.90 bits per heavy atom. The molecule has 1 atom stereocenters. The van der Waals surface area contributed by atoms with Crippen molar-refractivity contribution in [1.82, 2.24) is 20.3 Å². The largest absolute Gasteiger partial charge is 0.452 e. The highest BCUT2D eigenvalue weighted by Gasteiger charge is 2.30. The summed E-state index contributed by atoms with van der Waals surface area (Å²) < 4.78 is 6.86. The van der Waals surface area contributed by atoms with E-state index in [9.17, 15) is 14.9 Å². The van der Waals surface area contributed by atoms with Gasteiger partial charge in [-0.3, -0.25) is 4.79 Å². The maximum atomic E-state index is 12.2. The Morgan fingerprint density at radius 1 is 1.20 bits per heavy atom. The maximum Gasteiger partial charge on any atom is 0.338 e. The van der Waals surface area contributed by atoms with Crippen LogP contribution in [0.25, 0.3) is 11.0 Å². The van der Waals surface area contributed by atoms with Crippen molar-refractivity contribution in [1.29, 1.82) is 5.26 Å². The molecule has 154 valence electrons. The molecule has 1 heterocycles. The number of rotatable bonds is 7. The van der Waals surface area contributed by atoms with Crippen molar-refractivity contribution in [2.24, 2.45) is 5.92 Å². The van der Waals surface area contributed by atoms with Crippen LogP contribution in [-0.2, 0) is 16.1 Å². The van der Waals surface area contributed by atoms with Crippen LogP contribution in [0.15, 0.2) is 48.5 Å². The third kappa shape index (κ3) is 4.63. The van der Waals surface area contributed by atoms with Gasteiger partial charge in [0.1, 0.15) is 11.1 Å². The van der Waals surface area contributed by atoms with Crippen LogP contribution < -0.4 is 5.32 Å². The van der Waals surface area contributed by atoms with Gasteiger partial charge in [0.25, 0.3) is 5.91 Å². The summed E-state index contributed by atoms with van der Waals surface area (Å²) in [5, 5.41) is 20.1. The number of hydrogen-bond donors (Lipinski definition) is 1. The first kappa shape index (κ1) is 21.0. The number of nitrogens with one attached hydrogen (secondary N) is 1. The van der Waals surface area contributed by atoms with Crippen LogP contribution in [-0.4, -0.2) is 39.0 Å². The molecule has 1 N–H and O–H groups in total. The van der Waals surface area contributed by atoms with Crippen molar-refractivity contribution in [3.05, 3.63) is 59.7 Å². The van der Waals surface area contributed by atoms with E-state index in [4.69, 9.17) is 4.74 Å². The molecule has 3 rings (SSSR count). The minimum absolute atomic E-state index is 0.0863. The number of fused-ring (bicyclic) bond motifs is 1. The number of aromatic nitrogens is 3. The van der Waals surface area contributed by atoms with Gasteiger partial charge in [0.05, 0.1) is 23.7 Å². The summed E-state index contributed by atoms with van der Waals surface area (Å²) in [7, 11) is 0. The highest BCUT2D eigenvalue weighted by atomic mass is 16.5. The van der Waals surface area contributed by atoms with Crippen LogP contribution in [0.5, 0.6) is 0 Å². The normalized spacial score (nSPS) is 12.9. The molecule has 0 saturated carbocycles. The van der Waals surface area contributed by atoms with E-state index < -0.39 is 24.0 Å². The number of ether oxygens (including phenoxy) is 1. The minimum Gasteiger partial charge on any atom is -0.452 e. The zero-order chi connectivity index (χ0) is 21.7. The van der Waals surface area contributed by atoms with Crippen LogP contribution in [0, 0.1) is 17.2 Å². The van der Waals surface area contributed by atoms with Crippen LogP contribution in [0.4, 0.5) is 0 Å². The lowest BCUT2D eigenvalue weighted by Crippen LogP contribution is -2.50. The summed E-state index contributed by atoms with van der Waals surface area (Å²) in [5.41, 5.74) is 2.01. The summed E-state index contributed by atoms with van der Waals surface area (Å²) in [4.78, 5) is 24.3. The van der Waals surface area contributed by atoms with E-state index in [1.165, 1.54) is 0 Å². The highest BCUT2D eigenvalue weighted by Crippen LogP contribution is 2.15. The SMILES string of the molecule is CC(C)[C@@](C)(C#N)NC(=O)COC(=O)c1ccc(Cn2nnc3ccccc32)cc1. The standard InChI is InChI=1S/C22H23N5O3/c1-15(2)22(3,14-23)24-20(28)13-30-21(29)17-10-8-16(9-11-17)12-27-19-7-5-4-6-18(19)25-26-27/h4-11,15H,12-13H2,1-3H3,(H,24,28)/t22-/m1/s1. The molecule has 3 aromatic rings. The van der Waals surface area contributed by atoms with Crippen molar-refractivity contribution in [2.45, 2.75) is 32.9 Å². The average Bonchev–Trinajstić information content (AvgIpc) is 3.15. The lowest BCUT2D eigenvalue weighted by atomic mass is 9.90. The van der Waals surface area contributed by atoms with E-state index in [-0.39, 0.29) is 5.92 Å². The molecule has 1 aromatic heterocycles. The Kier molecular flexibility index (Phi) is 6.11. The monoisotopic (exact) mass is 405 g/mol. The second kappa shape index (κ2) is 8.74. The molecule has 0 spiro atoms. The molecule has 0 bridgehead atoms. The predicted octanol–water partition coefficient (Wildman–Crippen LogP) is 2.69. The zero-order valence-corrected chi connectivity index (χ0v) is 17.1. The number of para-hydroxylation sites is 1. The van der Waals surface area contributed by atoms with Crippen molar-refractivity contribution >= 4 is 22.9 Å². The number of benzene rings is 2. The van der Waals surface area contributed by atoms with E-state index >= 15 is 0 Å². The molecular weight excluding hydrogens is 382 g/mol. The van der Waals surface area contributed by atoms with Gasteiger partial charge in [0, 0.05) is 0 Å². The number of carbonyl (C=O) groups is 2. The Labute approximate surface area is 174 Å². The smallest absolute Gasteiger partial charge is 0.338 e. The van der Waals surface area contributed by atoms with E-state index in [0.29, 0.717) is 12.1 Å². The number of amides is 1. The molecule has 0 aliphatic heterocycles. The van der Waals surface area contributed by atoms with Gasteiger partial charge >= 0.3 is 5.97 Å². The molecule has 0 unspecified atom stereocenters. The van der Waals surface area contributed by atoms with E-state index in [0.717, 1.165) is 16.6 Å².